The number of nitrogens with one attached hydrogen (secondary N) is 1. The second-order valence-electron chi connectivity index (χ2n) is 4.28. The first-order chi connectivity index (χ1) is 8.65. The molecule has 2 rings (SSSR count). The Bertz CT molecular complexity index is 493. The van der Waals surface area contributed by atoms with Crippen LogP contribution in [-0.4, -0.2) is 0 Å². The van der Waals surface area contributed by atoms with E-state index in [0.29, 0.717) is 6.04 Å². The Morgan fingerprint density at radius 2 is 1.67 bits per heavy atom. The zero-order valence-electron chi connectivity index (χ0n) is 10.2. The first-order valence-corrected chi connectivity index (χ1v) is 7.05. The van der Waals surface area contributed by atoms with Gasteiger partial charge in [0.25, 0.3) is 0 Å². The summed E-state index contributed by atoms with van der Waals surface area (Å²) in [7, 11) is 0. The topological polar surface area (TPSA) is 12.0 Å². The summed E-state index contributed by atoms with van der Waals surface area (Å²) in [4.78, 5) is 0. The Morgan fingerprint density at radius 1 is 1.06 bits per heavy atom. The van der Waals surface area contributed by atoms with Gasteiger partial charge >= 0.3 is 0 Å². The van der Waals surface area contributed by atoms with Crippen molar-refractivity contribution in [2.45, 2.75) is 19.5 Å². The lowest BCUT2D eigenvalue weighted by atomic mass is 10.1. The van der Waals surface area contributed by atoms with Crippen molar-refractivity contribution in [2.75, 3.05) is 0 Å². The maximum Gasteiger partial charge on any atom is 0.0406 e. The Hall–Kier alpha value is -0.830. The third-order valence-electron chi connectivity index (χ3n) is 2.90. The van der Waals surface area contributed by atoms with Crippen LogP contribution in [0.25, 0.3) is 0 Å². The minimum atomic E-state index is 0.311. The predicted molar refractivity (Wildman–Crippen MR) is 80.8 cm³/mol. The quantitative estimate of drug-likeness (QED) is 0.838. The Morgan fingerprint density at radius 3 is 2.28 bits per heavy atom. The molecule has 18 heavy (non-hydrogen) atoms. The molecule has 2 aromatic carbocycles. The molecule has 0 amide bonds. The van der Waals surface area contributed by atoms with Gasteiger partial charge in [-0.15, -0.1) is 0 Å². The highest BCUT2D eigenvalue weighted by Crippen LogP contribution is 2.17. The molecular formula is C15H15BrClN. The summed E-state index contributed by atoms with van der Waals surface area (Å²) in [6.07, 6.45) is 0. The molecule has 1 atom stereocenters. The lowest BCUT2D eigenvalue weighted by molar-refractivity contribution is 0.575. The fraction of sp³-hybridized carbons (Fsp3) is 0.200. The van der Waals surface area contributed by atoms with Crippen LogP contribution in [-0.2, 0) is 6.54 Å². The summed E-state index contributed by atoms with van der Waals surface area (Å²) >= 11 is 9.32. The SMILES string of the molecule is CC(NCc1ccc(Br)cc1)c1ccc(Cl)cc1. The molecule has 0 aliphatic rings. The Kier molecular flexibility index (Phi) is 4.81. The molecule has 0 saturated carbocycles. The van der Waals surface area contributed by atoms with Crippen LogP contribution in [0.2, 0.25) is 5.02 Å². The normalized spacial score (nSPS) is 12.4. The summed E-state index contributed by atoms with van der Waals surface area (Å²) in [5.41, 5.74) is 2.52. The first-order valence-electron chi connectivity index (χ1n) is 5.88. The van der Waals surface area contributed by atoms with Gasteiger partial charge in [0.1, 0.15) is 0 Å². The van der Waals surface area contributed by atoms with E-state index in [4.69, 9.17) is 11.6 Å². The van der Waals surface area contributed by atoms with Gasteiger partial charge in [-0.1, -0.05) is 51.8 Å². The number of benzene rings is 2. The fourth-order valence-corrected chi connectivity index (χ4v) is 2.13. The molecule has 0 aliphatic carbocycles. The zero-order valence-corrected chi connectivity index (χ0v) is 12.5. The number of rotatable bonds is 4. The van der Waals surface area contributed by atoms with E-state index in [1.165, 1.54) is 11.1 Å². The van der Waals surface area contributed by atoms with Gasteiger partial charge in [-0.25, -0.2) is 0 Å². The van der Waals surface area contributed by atoms with Gasteiger partial charge in [-0.3, -0.25) is 0 Å². The van der Waals surface area contributed by atoms with E-state index < -0.39 is 0 Å². The van der Waals surface area contributed by atoms with E-state index >= 15 is 0 Å². The Labute approximate surface area is 121 Å². The third-order valence-corrected chi connectivity index (χ3v) is 3.68. The van der Waals surface area contributed by atoms with E-state index in [1.807, 2.05) is 12.1 Å². The van der Waals surface area contributed by atoms with Gasteiger partial charge < -0.3 is 5.32 Å². The van der Waals surface area contributed by atoms with Crippen molar-refractivity contribution in [3.63, 3.8) is 0 Å². The molecular weight excluding hydrogens is 310 g/mol. The molecule has 0 spiro atoms. The molecule has 3 heteroatoms. The van der Waals surface area contributed by atoms with Crippen LogP contribution in [0, 0.1) is 0 Å². The average molecular weight is 325 g/mol. The molecule has 0 aliphatic heterocycles. The van der Waals surface area contributed by atoms with Crippen LogP contribution in [0.4, 0.5) is 0 Å². The maximum atomic E-state index is 5.88. The van der Waals surface area contributed by atoms with Crippen molar-refractivity contribution in [3.8, 4) is 0 Å². The standard InChI is InChI=1S/C15H15BrClN/c1-11(13-4-8-15(17)9-5-13)18-10-12-2-6-14(16)7-3-12/h2-9,11,18H,10H2,1H3. The van der Waals surface area contributed by atoms with Crippen LogP contribution < -0.4 is 5.32 Å². The van der Waals surface area contributed by atoms with Gasteiger partial charge in [0, 0.05) is 22.1 Å². The van der Waals surface area contributed by atoms with Crippen LogP contribution in [0.15, 0.2) is 53.0 Å². The molecule has 0 bridgehead atoms. The van der Waals surface area contributed by atoms with Crippen molar-refractivity contribution < 1.29 is 0 Å². The molecule has 0 saturated heterocycles. The minimum absolute atomic E-state index is 0.311. The molecule has 1 nitrogen and oxygen atoms in total. The van der Waals surface area contributed by atoms with Crippen molar-refractivity contribution in [2.24, 2.45) is 0 Å². The summed E-state index contributed by atoms with van der Waals surface area (Å²) in [5.74, 6) is 0. The average Bonchev–Trinajstić information content (AvgIpc) is 2.38. The van der Waals surface area contributed by atoms with Crippen molar-refractivity contribution in [1.29, 1.82) is 0 Å². The molecule has 1 unspecified atom stereocenters. The maximum absolute atomic E-state index is 5.88. The van der Waals surface area contributed by atoms with Gasteiger partial charge in [-0.05, 0) is 42.3 Å². The lowest BCUT2D eigenvalue weighted by Crippen LogP contribution is -2.17. The van der Waals surface area contributed by atoms with Crippen LogP contribution in [0.5, 0.6) is 0 Å². The zero-order chi connectivity index (χ0) is 13.0. The van der Waals surface area contributed by atoms with Gasteiger partial charge in [-0.2, -0.15) is 0 Å². The second-order valence-corrected chi connectivity index (χ2v) is 5.63. The largest absolute Gasteiger partial charge is 0.306 e. The molecule has 0 radical (unpaired) electrons. The van der Waals surface area contributed by atoms with E-state index in [1.54, 1.807) is 0 Å². The summed E-state index contributed by atoms with van der Waals surface area (Å²) < 4.78 is 1.11. The molecule has 0 aromatic heterocycles. The molecule has 94 valence electrons. The predicted octanol–water partition coefficient (Wildman–Crippen LogP) is 4.95. The number of hydrogen-bond acceptors (Lipinski definition) is 1. The first kappa shape index (κ1) is 13.6. The number of halogens is 2. The minimum Gasteiger partial charge on any atom is -0.306 e. The monoisotopic (exact) mass is 323 g/mol. The number of hydrogen-bond donors (Lipinski definition) is 1. The summed E-state index contributed by atoms with van der Waals surface area (Å²) in [6.45, 7) is 3.01. The summed E-state index contributed by atoms with van der Waals surface area (Å²) in [5, 5.41) is 4.27. The lowest BCUT2D eigenvalue weighted by Gasteiger charge is -2.14. The third kappa shape index (κ3) is 3.84. The fourth-order valence-electron chi connectivity index (χ4n) is 1.74. The van der Waals surface area contributed by atoms with Crippen molar-refractivity contribution >= 4 is 27.5 Å². The van der Waals surface area contributed by atoms with Crippen molar-refractivity contribution in [3.05, 3.63) is 69.2 Å². The second kappa shape index (κ2) is 6.37. The smallest absolute Gasteiger partial charge is 0.0406 e. The highest BCUT2D eigenvalue weighted by molar-refractivity contribution is 9.10. The van der Waals surface area contributed by atoms with Gasteiger partial charge in [0.15, 0.2) is 0 Å². The van der Waals surface area contributed by atoms with Gasteiger partial charge in [0.05, 0.1) is 0 Å². The molecule has 0 heterocycles. The highest BCUT2D eigenvalue weighted by atomic mass is 79.9. The van der Waals surface area contributed by atoms with Crippen LogP contribution in [0.3, 0.4) is 0 Å². The summed E-state index contributed by atoms with van der Waals surface area (Å²) in [6, 6.07) is 16.6. The Balaban J connectivity index is 1.93. The highest BCUT2D eigenvalue weighted by Gasteiger charge is 2.04. The van der Waals surface area contributed by atoms with Crippen LogP contribution in [0.1, 0.15) is 24.1 Å². The van der Waals surface area contributed by atoms with E-state index in [2.05, 4.69) is 64.6 Å². The van der Waals surface area contributed by atoms with Crippen LogP contribution >= 0.6 is 27.5 Å². The van der Waals surface area contributed by atoms with E-state index in [9.17, 15) is 0 Å². The van der Waals surface area contributed by atoms with E-state index in [0.717, 1.165) is 16.0 Å². The van der Waals surface area contributed by atoms with Crippen molar-refractivity contribution in [1.82, 2.24) is 5.32 Å². The molecule has 1 N–H and O–H groups in total. The molecule has 2 aromatic rings. The van der Waals surface area contributed by atoms with E-state index in [-0.39, 0.29) is 0 Å². The van der Waals surface area contributed by atoms with Gasteiger partial charge in [0.2, 0.25) is 0 Å². The molecule has 0 fully saturated rings.